The van der Waals surface area contributed by atoms with Crippen molar-refractivity contribution in [1.29, 1.82) is 0 Å². The summed E-state index contributed by atoms with van der Waals surface area (Å²) in [6, 6.07) is 11.6. The number of aromatic hydroxyl groups is 1. The van der Waals surface area contributed by atoms with Crippen molar-refractivity contribution in [3.05, 3.63) is 47.7 Å². The molecule has 3 rings (SSSR count). The topological polar surface area (TPSA) is 61.3 Å². The summed E-state index contributed by atoms with van der Waals surface area (Å²) < 4.78 is 0. The Morgan fingerprint density at radius 3 is 2.65 bits per heavy atom. The van der Waals surface area contributed by atoms with E-state index < -0.39 is 0 Å². The highest BCUT2D eigenvalue weighted by Gasteiger charge is 2.21. The first-order chi connectivity index (χ1) is 9.72. The van der Waals surface area contributed by atoms with Gasteiger partial charge in [-0.3, -0.25) is 0 Å². The highest BCUT2D eigenvalue weighted by Crippen LogP contribution is 2.22. The van der Waals surface area contributed by atoms with Gasteiger partial charge in [-0.05, 0) is 36.8 Å². The van der Waals surface area contributed by atoms with Crippen molar-refractivity contribution in [3.8, 4) is 5.75 Å². The van der Waals surface area contributed by atoms with Crippen LogP contribution in [0.4, 0.5) is 5.82 Å². The van der Waals surface area contributed by atoms with Gasteiger partial charge in [0.05, 0.1) is 5.69 Å². The lowest BCUT2D eigenvalue weighted by atomic mass is 10.0. The summed E-state index contributed by atoms with van der Waals surface area (Å²) in [6.07, 6.45) is 0. The predicted molar refractivity (Wildman–Crippen MR) is 77.8 cm³/mol. The summed E-state index contributed by atoms with van der Waals surface area (Å²) in [7, 11) is 0. The summed E-state index contributed by atoms with van der Waals surface area (Å²) in [6.45, 7) is 4.61. The van der Waals surface area contributed by atoms with E-state index in [0.717, 1.165) is 31.1 Å². The Kier molecular flexibility index (Phi) is 3.52. The minimum absolute atomic E-state index is 0.243. The van der Waals surface area contributed by atoms with Crippen LogP contribution in [-0.2, 0) is 0 Å². The summed E-state index contributed by atoms with van der Waals surface area (Å²) >= 11 is 0. The molecule has 5 heteroatoms. The van der Waals surface area contributed by atoms with E-state index in [4.69, 9.17) is 0 Å². The molecule has 0 radical (unpaired) electrons. The average Bonchev–Trinajstić information content (AvgIpc) is 2.49. The lowest BCUT2D eigenvalue weighted by molar-refractivity contribution is 0.462. The number of aromatic nitrogens is 2. The highest BCUT2D eigenvalue weighted by atomic mass is 16.3. The Bertz CT molecular complexity index is 516. The van der Waals surface area contributed by atoms with Gasteiger partial charge >= 0.3 is 0 Å². The molecule has 2 heterocycles. The van der Waals surface area contributed by atoms with Gasteiger partial charge in [0.15, 0.2) is 5.82 Å². The maximum Gasteiger partial charge on any atom is 0.151 e. The zero-order valence-electron chi connectivity index (χ0n) is 11.5. The number of nitrogens with zero attached hydrogens (tertiary/aromatic N) is 3. The van der Waals surface area contributed by atoms with Crippen LogP contribution in [0.3, 0.4) is 0 Å². The van der Waals surface area contributed by atoms with E-state index >= 15 is 0 Å². The van der Waals surface area contributed by atoms with Crippen molar-refractivity contribution in [2.75, 3.05) is 24.5 Å². The molecule has 1 saturated heterocycles. The number of phenolic OH excluding ortho intramolecular Hbond substituents is 1. The maximum atomic E-state index is 9.36. The lowest BCUT2D eigenvalue weighted by Gasteiger charge is -2.34. The number of piperazine rings is 1. The Balaban J connectivity index is 1.76. The fourth-order valence-corrected chi connectivity index (χ4v) is 2.45. The van der Waals surface area contributed by atoms with E-state index in [0.29, 0.717) is 5.75 Å². The summed E-state index contributed by atoms with van der Waals surface area (Å²) in [5, 5.41) is 21.2. The Morgan fingerprint density at radius 2 is 1.95 bits per heavy atom. The molecule has 1 atom stereocenters. The van der Waals surface area contributed by atoms with Crippen molar-refractivity contribution in [3.63, 3.8) is 0 Å². The summed E-state index contributed by atoms with van der Waals surface area (Å²) in [4.78, 5) is 2.24. The number of hydrogen-bond donors (Lipinski definition) is 2. The molecule has 2 N–H and O–H groups in total. The van der Waals surface area contributed by atoms with Crippen LogP contribution < -0.4 is 10.2 Å². The summed E-state index contributed by atoms with van der Waals surface area (Å²) in [5.41, 5.74) is 2.10. The number of anilines is 1. The first kappa shape index (κ1) is 12.9. The molecule has 0 bridgehead atoms. The molecular formula is C15H18N4O. The molecule has 5 nitrogen and oxygen atoms in total. The first-order valence-corrected chi connectivity index (χ1v) is 6.80. The second-order valence-electron chi connectivity index (χ2n) is 5.08. The smallest absolute Gasteiger partial charge is 0.151 e. The number of rotatable bonds is 2. The molecule has 0 saturated carbocycles. The zero-order chi connectivity index (χ0) is 13.9. The van der Waals surface area contributed by atoms with E-state index in [9.17, 15) is 5.11 Å². The average molecular weight is 270 g/mol. The Labute approximate surface area is 118 Å². The van der Waals surface area contributed by atoms with Crippen molar-refractivity contribution in [1.82, 2.24) is 15.5 Å². The van der Waals surface area contributed by atoms with Crippen LogP contribution in [0.15, 0.2) is 36.4 Å². The van der Waals surface area contributed by atoms with Gasteiger partial charge in [-0.25, -0.2) is 0 Å². The van der Waals surface area contributed by atoms with Crippen LogP contribution in [0.2, 0.25) is 0 Å². The van der Waals surface area contributed by atoms with E-state index in [-0.39, 0.29) is 6.04 Å². The number of nitrogens with one attached hydrogen (secondary N) is 1. The van der Waals surface area contributed by atoms with Gasteiger partial charge < -0.3 is 15.3 Å². The van der Waals surface area contributed by atoms with Crippen LogP contribution in [-0.4, -0.2) is 34.9 Å². The van der Waals surface area contributed by atoms with Crippen LogP contribution in [0.5, 0.6) is 5.75 Å². The SMILES string of the molecule is Cc1ccc(N2CCNC(c3ccc(O)cc3)C2)nn1. The zero-order valence-corrected chi connectivity index (χ0v) is 11.5. The van der Waals surface area contributed by atoms with Crippen LogP contribution >= 0.6 is 0 Å². The first-order valence-electron chi connectivity index (χ1n) is 6.80. The normalized spacial score (nSPS) is 19.1. The molecule has 1 aliphatic heterocycles. The number of benzene rings is 1. The van der Waals surface area contributed by atoms with Gasteiger partial charge in [0.2, 0.25) is 0 Å². The Hall–Kier alpha value is -2.14. The second-order valence-corrected chi connectivity index (χ2v) is 5.08. The molecule has 1 unspecified atom stereocenters. The minimum Gasteiger partial charge on any atom is -0.508 e. The molecule has 0 spiro atoms. The van der Waals surface area contributed by atoms with Crippen molar-refractivity contribution in [2.45, 2.75) is 13.0 Å². The quantitative estimate of drug-likeness (QED) is 0.868. The summed E-state index contributed by atoms with van der Waals surface area (Å²) in [5.74, 6) is 1.21. The third kappa shape index (κ3) is 2.72. The molecule has 104 valence electrons. The van der Waals surface area contributed by atoms with Crippen LogP contribution in [0.1, 0.15) is 17.3 Å². The van der Waals surface area contributed by atoms with Crippen LogP contribution in [0.25, 0.3) is 0 Å². The maximum absolute atomic E-state index is 9.36. The molecule has 1 aromatic carbocycles. The fraction of sp³-hybridized carbons (Fsp3) is 0.333. The van der Waals surface area contributed by atoms with Gasteiger partial charge in [-0.1, -0.05) is 12.1 Å². The molecule has 0 aliphatic carbocycles. The fourth-order valence-electron chi connectivity index (χ4n) is 2.45. The monoisotopic (exact) mass is 270 g/mol. The van der Waals surface area contributed by atoms with Gasteiger partial charge in [0, 0.05) is 25.7 Å². The molecule has 1 aromatic heterocycles. The van der Waals surface area contributed by atoms with Gasteiger partial charge in [0.25, 0.3) is 0 Å². The number of hydrogen-bond acceptors (Lipinski definition) is 5. The van der Waals surface area contributed by atoms with Gasteiger partial charge in [-0.15, -0.1) is 5.10 Å². The van der Waals surface area contributed by atoms with Gasteiger partial charge in [0.1, 0.15) is 5.75 Å². The molecule has 20 heavy (non-hydrogen) atoms. The van der Waals surface area contributed by atoms with Crippen molar-refractivity contribution in [2.24, 2.45) is 0 Å². The van der Waals surface area contributed by atoms with Crippen molar-refractivity contribution < 1.29 is 5.11 Å². The third-order valence-corrected chi connectivity index (χ3v) is 3.58. The predicted octanol–water partition coefficient (Wildman–Crippen LogP) is 1.64. The standard InChI is InChI=1S/C15H18N4O/c1-11-2-7-15(18-17-11)19-9-8-16-14(10-19)12-3-5-13(20)6-4-12/h2-7,14,16,20H,8-10H2,1H3. The second kappa shape index (κ2) is 5.46. The van der Waals surface area contributed by atoms with E-state index in [1.165, 1.54) is 5.56 Å². The van der Waals surface area contributed by atoms with Crippen molar-refractivity contribution >= 4 is 5.82 Å². The Morgan fingerprint density at radius 1 is 1.15 bits per heavy atom. The van der Waals surface area contributed by atoms with Crippen LogP contribution in [0, 0.1) is 6.92 Å². The highest BCUT2D eigenvalue weighted by molar-refractivity contribution is 5.40. The number of phenols is 1. The molecule has 1 aliphatic rings. The largest absolute Gasteiger partial charge is 0.508 e. The molecular weight excluding hydrogens is 252 g/mol. The minimum atomic E-state index is 0.243. The van der Waals surface area contributed by atoms with E-state index in [1.54, 1.807) is 12.1 Å². The van der Waals surface area contributed by atoms with Gasteiger partial charge in [-0.2, -0.15) is 5.10 Å². The molecule has 2 aromatic rings. The number of aryl methyl sites for hydroxylation is 1. The molecule has 1 fully saturated rings. The van der Waals surface area contributed by atoms with E-state index in [1.807, 2.05) is 31.2 Å². The van der Waals surface area contributed by atoms with E-state index in [2.05, 4.69) is 20.4 Å². The molecule has 0 amide bonds. The third-order valence-electron chi connectivity index (χ3n) is 3.58. The lowest BCUT2D eigenvalue weighted by Crippen LogP contribution is -2.46.